The predicted octanol–water partition coefficient (Wildman–Crippen LogP) is 7.93. The summed E-state index contributed by atoms with van der Waals surface area (Å²) >= 11 is 0. The average Bonchev–Trinajstić information content (AvgIpc) is 3.04. The zero-order valence-electron chi connectivity index (χ0n) is 34.9. The molecule has 1 aliphatic heterocycles. The molecule has 1 rings (SSSR count). The van der Waals surface area contributed by atoms with Crippen molar-refractivity contribution in [2.75, 3.05) is 0 Å². The molecule has 1 heterocycles. The number of carbonyl (C=O) groups excluding carboxylic acids is 2. The minimum atomic E-state index is -1.07. The number of hydrogen-bond acceptors (Lipinski definition) is 9. The van der Waals surface area contributed by atoms with E-state index in [4.69, 9.17) is 9.47 Å². The molecule has 0 saturated heterocycles. The quantitative estimate of drug-likeness (QED) is 0.0431. The third kappa shape index (κ3) is 20.6. The number of rotatable bonds is 17. The molecule has 10 atom stereocenters. The molecular weight excluding hydrogens is 684 g/mol. The van der Waals surface area contributed by atoms with Crippen molar-refractivity contribution in [2.24, 2.45) is 17.8 Å². The first-order chi connectivity index (χ1) is 25.2. The van der Waals surface area contributed by atoms with Crippen LogP contribution < -0.4 is 0 Å². The SMILES string of the molecule is CC(=C\C=C\C(C)=C\C(O)C(O)CC(C)O)/C=C(C)/C=C(\C)C(=O)OC1CCCC(=O)OC(C(C)C/C(C)=C/C(C)C(O)CC(C)O)C/C=C(\C)CC1C. The topological polar surface area (TPSA) is 154 Å². The summed E-state index contributed by atoms with van der Waals surface area (Å²) in [6, 6.07) is 0. The average molecular weight is 757 g/mol. The van der Waals surface area contributed by atoms with Crippen LogP contribution in [-0.4, -0.2) is 80.2 Å². The molecule has 0 aliphatic carbocycles. The van der Waals surface area contributed by atoms with Crippen molar-refractivity contribution in [3.05, 3.63) is 82.0 Å². The minimum Gasteiger partial charge on any atom is -0.462 e. The van der Waals surface area contributed by atoms with Gasteiger partial charge in [0.25, 0.3) is 0 Å². The highest BCUT2D eigenvalue weighted by Crippen LogP contribution is 2.28. The van der Waals surface area contributed by atoms with Gasteiger partial charge in [-0.05, 0) is 105 Å². The third-order valence-corrected chi connectivity index (χ3v) is 9.75. The van der Waals surface area contributed by atoms with Crippen LogP contribution in [-0.2, 0) is 19.1 Å². The molecule has 306 valence electrons. The second kappa shape index (κ2) is 25.2. The first-order valence-corrected chi connectivity index (χ1v) is 19.7. The largest absolute Gasteiger partial charge is 0.462 e. The van der Waals surface area contributed by atoms with Crippen LogP contribution in [0.1, 0.15) is 128 Å². The van der Waals surface area contributed by atoms with Crippen LogP contribution in [0, 0.1) is 17.8 Å². The van der Waals surface area contributed by atoms with Gasteiger partial charge in [0.15, 0.2) is 0 Å². The normalized spacial score (nSPS) is 25.6. The molecule has 0 fully saturated rings. The van der Waals surface area contributed by atoms with Crippen LogP contribution in [0.25, 0.3) is 0 Å². The van der Waals surface area contributed by atoms with E-state index in [0.29, 0.717) is 31.3 Å². The van der Waals surface area contributed by atoms with Crippen molar-refractivity contribution in [3.63, 3.8) is 0 Å². The Kier molecular flexibility index (Phi) is 22.8. The lowest BCUT2D eigenvalue weighted by molar-refractivity contribution is -0.152. The van der Waals surface area contributed by atoms with Crippen LogP contribution in [0.5, 0.6) is 0 Å². The van der Waals surface area contributed by atoms with Gasteiger partial charge in [-0.3, -0.25) is 4.79 Å². The smallest absolute Gasteiger partial charge is 0.334 e. The number of ether oxygens (including phenoxy) is 2. The van der Waals surface area contributed by atoms with Gasteiger partial charge in [0.05, 0.1) is 30.5 Å². The molecule has 0 radical (unpaired) electrons. The maximum absolute atomic E-state index is 13.3. The van der Waals surface area contributed by atoms with Crippen LogP contribution in [0.2, 0.25) is 0 Å². The molecule has 0 bridgehead atoms. The summed E-state index contributed by atoms with van der Waals surface area (Å²) in [7, 11) is 0. The molecular formula is C45H72O9. The van der Waals surface area contributed by atoms with Gasteiger partial charge in [0.2, 0.25) is 0 Å². The number of cyclic esters (lactones) is 1. The highest BCUT2D eigenvalue weighted by molar-refractivity contribution is 5.88. The highest BCUT2D eigenvalue weighted by Gasteiger charge is 2.26. The van der Waals surface area contributed by atoms with Gasteiger partial charge >= 0.3 is 11.9 Å². The van der Waals surface area contributed by atoms with Crippen LogP contribution in [0.4, 0.5) is 0 Å². The summed E-state index contributed by atoms with van der Waals surface area (Å²) in [5.41, 5.74) is 5.34. The van der Waals surface area contributed by atoms with Gasteiger partial charge in [-0.1, -0.05) is 91.2 Å². The van der Waals surface area contributed by atoms with Gasteiger partial charge in [0, 0.05) is 30.8 Å². The molecule has 0 aromatic rings. The number of carbonyl (C=O) groups is 2. The Hall–Kier alpha value is -3.08. The first-order valence-electron chi connectivity index (χ1n) is 19.7. The van der Waals surface area contributed by atoms with E-state index >= 15 is 0 Å². The summed E-state index contributed by atoms with van der Waals surface area (Å²) in [6.45, 7) is 20.9. The van der Waals surface area contributed by atoms with E-state index in [2.05, 4.69) is 26.8 Å². The summed E-state index contributed by atoms with van der Waals surface area (Å²) < 4.78 is 12.1. The Labute approximate surface area is 325 Å². The van der Waals surface area contributed by atoms with Crippen molar-refractivity contribution in [1.29, 1.82) is 0 Å². The van der Waals surface area contributed by atoms with E-state index in [1.54, 1.807) is 32.9 Å². The van der Waals surface area contributed by atoms with Crippen molar-refractivity contribution < 1.29 is 44.6 Å². The van der Waals surface area contributed by atoms with E-state index in [9.17, 15) is 35.1 Å². The first kappa shape index (κ1) is 48.9. The molecule has 0 aromatic heterocycles. The summed E-state index contributed by atoms with van der Waals surface area (Å²) in [4.78, 5) is 26.3. The van der Waals surface area contributed by atoms with Crippen molar-refractivity contribution in [1.82, 2.24) is 0 Å². The third-order valence-electron chi connectivity index (χ3n) is 9.75. The van der Waals surface area contributed by atoms with Crippen LogP contribution in [0.15, 0.2) is 82.0 Å². The van der Waals surface area contributed by atoms with Crippen molar-refractivity contribution in [2.45, 2.75) is 170 Å². The fraction of sp³-hybridized carbons (Fsp3) is 0.644. The number of aliphatic hydroxyl groups is 5. The Balaban J connectivity index is 2.94. The molecule has 10 unspecified atom stereocenters. The number of hydrogen-bond donors (Lipinski definition) is 5. The standard InChI is InChI=1S/C45H72O9/c1-28(14-12-15-29(2)25-40(49)41(50)27-38(11)47)20-31(4)24-36(9)45(52)54-42-16-13-17-44(51)53-43(19-18-30(3)21-34(42)7)35(8)23-32(5)22-33(6)39(48)26-37(10)46/h12,14-15,18,20,22,24-25,33-35,37-43,46-50H,13,16-17,19,21,23,26-27H2,1-11H3/b15-12+,28-14+,29-25+,30-18+,31-20+,32-22+,36-24+. The molecule has 5 N–H and O–H groups in total. The van der Waals surface area contributed by atoms with Gasteiger partial charge in [0.1, 0.15) is 12.2 Å². The second-order valence-electron chi connectivity index (χ2n) is 16.1. The van der Waals surface area contributed by atoms with E-state index in [1.807, 2.05) is 65.0 Å². The zero-order chi connectivity index (χ0) is 41.1. The Morgan fingerprint density at radius 2 is 1.54 bits per heavy atom. The summed E-state index contributed by atoms with van der Waals surface area (Å²) in [6.07, 6.45) is 14.2. The van der Waals surface area contributed by atoms with Crippen LogP contribution >= 0.6 is 0 Å². The number of aliphatic hydroxyl groups excluding tert-OH is 5. The monoisotopic (exact) mass is 757 g/mol. The second-order valence-corrected chi connectivity index (χ2v) is 16.1. The lowest BCUT2D eigenvalue weighted by atomic mass is 9.89. The van der Waals surface area contributed by atoms with Gasteiger partial charge in [-0.25, -0.2) is 4.79 Å². The maximum atomic E-state index is 13.3. The number of esters is 2. The zero-order valence-corrected chi connectivity index (χ0v) is 34.9. The van der Waals surface area contributed by atoms with E-state index in [-0.39, 0.29) is 54.7 Å². The Morgan fingerprint density at radius 1 is 0.907 bits per heavy atom. The lowest BCUT2D eigenvalue weighted by Gasteiger charge is -2.27. The Bertz CT molecular complexity index is 1390. The fourth-order valence-electron chi connectivity index (χ4n) is 6.76. The van der Waals surface area contributed by atoms with E-state index < -0.39 is 30.5 Å². The van der Waals surface area contributed by atoms with Crippen LogP contribution in [0.3, 0.4) is 0 Å². The Morgan fingerprint density at radius 3 is 2.17 bits per heavy atom. The minimum absolute atomic E-state index is 0.0535. The van der Waals surface area contributed by atoms with Crippen molar-refractivity contribution in [3.8, 4) is 0 Å². The lowest BCUT2D eigenvalue weighted by Crippen LogP contribution is -2.28. The maximum Gasteiger partial charge on any atom is 0.334 e. The van der Waals surface area contributed by atoms with Gasteiger partial charge in [-0.2, -0.15) is 0 Å². The number of allylic oxidation sites excluding steroid dienone is 10. The molecule has 9 nitrogen and oxygen atoms in total. The summed E-state index contributed by atoms with van der Waals surface area (Å²) in [5, 5.41) is 49.5. The highest BCUT2D eigenvalue weighted by atomic mass is 16.5. The molecule has 1 aliphatic rings. The molecule has 9 heteroatoms. The predicted molar refractivity (Wildman–Crippen MR) is 217 cm³/mol. The van der Waals surface area contributed by atoms with Gasteiger partial charge < -0.3 is 35.0 Å². The molecule has 0 amide bonds. The van der Waals surface area contributed by atoms with Gasteiger partial charge in [-0.15, -0.1) is 0 Å². The fourth-order valence-corrected chi connectivity index (χ4v) is 6.76. The van der Waals surface area contributed by atoms with E-state index in [1.165, 1.54) is 0 Å². The van der Waals surface area contributed by atoms with E-state index in [0.717, 1.165) is 40.7 Å². The molecule has 54 heavy (non-hydrogen) atoms. The van der Waals surface area contributed by atoms with Crippen molar-refractivity contribution >= 4 is 11.9 Å². The summed E-state index contributed by atoms with van der Waals surface area (Å²) in [5.74, 6) is -0.620. The molecule has 0 aromatic carbocycles. The molecule has 0 spiro atoms. The molecule has 0 saturated carbocycles.